The van der Waals surface area contributed by atoms with Crippen LogP contribution in [0.15, 0.2) is 36.5 Å². The highest BCUT2D eigenvalue weighted by Gasteiger charge is 2.06. The van der Waals surface area contributed by atoms with Gasteiger partial charge in [0.25, 0.3) is 0 Å². The normalized spacial score (nSPS) is 10.1. The molecule has 0 bridgehead atoms. The molecule has 1 heterocycles. The zero-order chi connectivity index (χ0) is 13.0. The van der Waals surface area contributed by atoms with Crippen LogP contribution in [0.2, 0.25) is 0 Å². The third-order valence-electron chi connectivity index (χ3n) is 2.24. The fourth-order valence-corrected chi connectivity index (χ4v) is 1.39. The van der Waals surface area contributed by atoms with Crippen LogP contribution < -0.4 is 4.74 Å². The molecular formula is C13H9F2NO2. The summed E-state index contributed by atoms with van der Waals surface area (Å²) in [4.78, 5) is 14.2. The lowest BCUT2D eigenvalue weighted by atomic mass is 10.2. The Morgan fingerprint density at radius 1 is 1.28 bits per heavy atom. The summed E-state index contributed by atoms with van der Waals surface area (Å²) < 4.78 is 31.2. The van der Waals surface area contributed by atoms with Crippen molar-refractivity contribution in [2.24, 2.45) is 0 Å². The number of pyridine rings is 1. The highest BCUT2D eigenvalue weighted by Crippen LogP contribution is 2.25. The van der Waals surface area contributed by atoms with Crippen molar-refractivity contribution >= 4 is 6.29 Å². The minimum atomic E-state index is -0.718. The summed E-state index contributed by atoms with van der Waals surface area (Å²) in [6.45, 7) is -0.718. The summed E-state index contributed by atoms with van der Waals surface area (Å²) in [5.41, 5.74) is 0.427. The van der Waals surface area contributed by atoms with Gasteiger partial charge >= 0.3 is 0 Å². The van der Waals surface area contributed by atoms with Crippen molar-refractivity contribution in [1.29, 1.82) is 0 Å². The molecule has 1 aromatic carbocycles. The van der Waals surface area contributed by atoms with Crippen LogP contribution in [0.4, 0.5) is 8.78 Å². The minimum Gasteiger partial charge on any atom is -0.454 e. The number of ether oxygens (including phenoxy) is 1. The topological polar surface area (TPSA) is 39.2 Å². The average Bonchev–Trinajstić information content (AvgIpc) is 2.41. The van der Waals surface area contributed by atoms with Crippen molar-refractivity contribution in [2.45, 2.75) is 6.67 Å². The number of alkyl halides is 1. The Balaban J connectivity index is 2.25. The molecular weight excluding hydrogens is 240 g/mol. The molecule has 0 saturated carbocycles. The van der Waals surface area contributed by atoms with E-state index in [0.717, 1.165) is 6.07 Å². The Labute approximate surface area is 102 Å². The molecule has 5 heteroatoms. The Morgan fingerprint density at radius 3 is 2.78 bits per heavy atom. The molecule has 0 fully saturated rings. The first-order chi connectivity index (χ1) is 8.72. The highest BCUT2D eigenvalue weighted by atomic mass is 19.1. The molecule has 0 amide bonds. The number of carbonyl (C=O) groups excluding carboxylic acids is 1. The molecule has 92 valence electrons. The van der Waals surface area contributed by atoms with E-state index in [1.807, 2.05) is 0 Å². The van der Waals surface area contributed by atoms with Gasteiger partial charge in [-0.05, 0) is 24.3 Å². The van der Waals surface area contributed by atoms with E-state index in [1.165, 1.54) is 30.5 Å². The fraction of sp³-hybridized carbons (Fsp3) is 0.0769. The van der Waals surface area contributed by atoms with Gasteiger partial charge in [0.15, 0.2) is 11.6 Å². The van der Waals surface area contributed by atoms with E-state index in [9.17, 15) is 13.6 Å². The van der Waals surface area contributed by atoms with Crippen LogP contribution in [0.1, 0.15) is 16.1 Å². The third-order valence-corrected chi connectivity index (χ3v) is 2.24. The molecule has 2 rings (SSSR count). The summed E-state index contributed by atoms with van der Waals surface area (Å²) in [5, 5.41) is 0. The second kappa shape index (κ2) is 5.35. The molecule has 18 heavy (non-hydrogen) atoms. The number of hydrogen-bond donors (Lipinski definition) is 0. The molecule has 0 radical (unpaired) electrons. The molecule has 0 aliphatic carbocycles. The van der Waals surface area contributed by atoms with E-state index >= 15 is 0 Å². The molecule has 0 saturated heterocycles. The van der Waals surface area contributed by atoms with Crippen LogP contribution in [0.3, 0.4) is 0 Å². The predicted octanol–water partition coefficient (Wildman–Crippen LogP) is 3.30. The first-order valence-electron chi connectivity index (χ1n) is 5.16. The number of aldehydes is 1. The van der Waals surface area contributed by atoms with Crippen molar-refractivity contribution < 1.29 is 18.3 Å². The maximum Gasteiger partial charge on any atom is 0.166 e. The summed E-state index contributed by atoms with van der Waals surface area (Å²) in [6.07, 6.45) is 1.92. The van der Waals surface area contributed by atoms with Crippen molar-refractivity contribution in [3.05, 3.63) is 53.6 Å². The number of rotatable bonds is 4. The van der Waals surface area contributed by atoms with Crippen LogP contribution in [0, 0.1) is 5.82 Å². The molecule has 1 aromatic heterocycles. The van der Waals surface area contributed by atoms with Crippen LogP contribution in [-0.4, -0.2) is 11.3 Å². The van der Waals surface area contributed by atoms with E-state index in [2.05, 4.69) is 4.98 Å². The number of aromatic nitrogens is 1. The van der Waals surface area contributed by atoms with E-state index < -0.39 is 12.5 Å². The zero-order valence-electron chi connectivity index (χ0n) is 9.27. The molecule has 0 N–H and O–H groups in total. The Hall–Kier alpha value is -2.30. The molecule has 0 aliphatic rings. The van der Waals surface area contributed by atoms with Gasteiger partial charge in [-0.3, -0.25) is 9.78 Å². The fourth-order valence-electron chi connectivity index (χ4n) is 1.39. The second-order valence-electron chi connectivity index (χ2n) is 3.53. The lowest BCUT2D eigenvalue weighted by Gasteiger charge is -2.07. The second-order valence-corrected chi connectivity index (χ2v) is 3.53. The summed E-state index contributed by atoms with van der Waals surface area (Å²) in [6, 6.07) is 6.72. The quantitative estimate of drug-likeness (QED) is 0.780. The zero-order valence-corrected chi connectivity index (χ0v) is 9.27. The van der Waals surface area contributed by atoms with Gasteiger partial charge in [-0.1, -0.05) is 0 Å². The van der Waals surface area contributed by atoms with Crippen molar-refractivity contribution in [3.8, 4) is 11.5 Å². The standard InChI is InChI=1S/C13H9F2NO2/c14-7-10-6-11(3-4-16-10)18-13-2-1-9(8-17)5-12(13)15/h1-6,8H,7H2. The van der Waals surface area contributed by atoms with E-state index in [1.54, 1.807) is 0 Å². The van der Waals surface area contributed by atoms with Gasteiger partial charge in [-0.2, -0.15) is 0 Å². The maximum absolute atomic E-state index is 13.5. The molecule has 2 aromatic rings. The smallest absolute Gasteiger partial charge is 0.166 e. The van der Waals surface area contributed by atoms with Crippen molar-refractivity contribution in [1.82, 2.24) is 4.98 Å². The van der Waals surface area contributed by atoms with Gasteiger partial charge in [0.05, 0.1) is 5.69 Å². The van der Waals surface area contributed by atoms with E-state index in [-0.39, 0.29) is 22.8 Å². The molecule has 0 spiro atoms. The van der Waals surface area contributed by atoms with E-state index in [4.69, 9.17) is 4.74 Å². The van der Waals surface area contributed by atoms with Gasteiger partial charge in [0.1, 0.15) is 18.7 Å². The van der Waals surface area contributed by atoms with Gasteiger partial charge in [0.2, 0.25) is 0 Å². The summed E-state index contributed by atoms with van der Waals surface area (Å²) in [7, 11) is 0. The van der Waals surface area contributed by atoms with Crippen molar-refractivity contribution in [3.63, 3.8) is 0 Å². The highest BCUT2D eigenvalue weighted by molar-refractivity contribution is 5.75. The molecule has 0 atom stereocenters. The van der Waals surface area contributed by atoms with Gasteiger partial charge in [0, 0.05) is 17.8 Å². The number of nitrogens with zero attached hydrogens (tertiary/aromatic N) is 1. The summed E-state index contributed by atoms with van der Waals surface area (Å²) >= 11 is 0. The number of benzene rings is 1. The largest absolute Gasteiger partial charge is 0.454 e. The molecule has 0 aliphatic heterocycles. The third kappa shape index (κ3) is 2.68. The van der Waals surface area contributed by atoms with Crippen LogP contribution in [0.25, 0.3) is 0 Å². The lowest BCUT2D eigenvalue weighted by molar-refractivity contribution is 0.112. The Morgan fingerprint density at radius 2 is 2.11 bits per heavy atom. The summed E-state index contributed by atoms with van der Waals surface area (Å²) in [5.74, 6) is -0.398. The van der Waals surface area contributed by atoms with Gasteiger partial charge in [-0.15, -0.1) is 0 Å². The van der Waals surface area contributed by atoms with Gasteiger partial charge in [-0.25, -0.2) is 8.78 Å². The van der Waals surface area contributed by atoms with Crippen molar-refractivity contribution in [2.75, 3.05) is 0 Å². The first kappa shape index (κ1) is 12.2. The number of carbonyl (C=O) groups is 1. The van der Waals surface area contributed by atoms with Crippen LogP contribution in [-0.2, 0) is 6.67 Å². The van der Waals surface area contributed by atoms with Crippen LogP contribution >= 0.6 is 0 Å². The first-order valence-corrected chi connectivity index (χ1v) is 5.16. The number of halogens is 2. The maximum atomic E-state index is 13.5. The Kier molecular flexibility index (Phi) is 3.62. The SMILES string of the molecule is O=Cc1ccc(Oc2ccnc(CF)c2)c(F)c1. The van der Waals surface area contributed by atoms with Gasteiger partial charge < -0.3 is 4.74 Å². The lowest BCUT2D eigenvalue weighted by Crippen LogP contribution is -1.92. The van der Waals surface area contributed by atoms with E-state index in [0.29, 0.717) is 6.29 Å². The predicted molar refractivity (Wildman–Crippen MR) is 60.9 cm³/mol. The number of hydrogen-bond acceptors (Lipinski definition) is 3. The average molecular weight is 249 g/mol. The molecule has 3 nitrogen and oxygen atoms in total. The molecule has 0 unspecified atom stereocenters. The minimum absolute atomic E-state index is 0.0309. The van der Waals surface area contributed by atoms with Crippen LogP contribution in [0.5, 0.6) is 11.5 Å². The Bertz CT molecular complexity index is 573. The monoisotopic (exact) mass is 249 g/mol.